The van der Waals surface area contributed by atoms with E-state index < -0.39 is 5.67 Å². The van der Waals surface area contributed by atoms with E-state index in [-0.39, 0.29) is 0 Å². The minimum absolute atomic E-state index is 0.619. The summed E-state index contributed by atoms with van der Waals surface area (Å²) in [6, 6.07) is 10.8. The van der Waals surface area contributed by atoms with Gasteiger partial charge in [0.05, 0.1) is 0 Å². The van der Waals surface area contributed by atoms with Gasteiger partial charge in [-0.05, 0) is 61.3 Å². The molecule has 3 unspecified atom stereocenters. The molecule has 0 spiro atoms. The van der Waals surface area contributed by atoms with Crippen LogP contribution in [0.25, 0.3) is 0 Å². The van der Waals surface area contributed by atoms with Crippen molar-refractivity contribution in [3.05, 3.63) is 35.9 Å². The van der Waals surface area contributed by atoms with E-state index in [4.69, 9.17) is 0 Å². The molecule has 0 N–H and O–H groups in total. The van der Waals surface area contributed by atoms with Gasteiger partial charge in [0.2, 0.25) is 0 Å². The van der Waals surface area contributed by atoms with E-state index in [1.807, 2.05) is 0 Å². The average Bonchev–Trinajstić information content (AvgIpc) is 2.27. The molecule has 90 valence electrons. The second-order valence-electron chi connectivity index (χ2n) is 6.56. The smallest absolute Gasteiger partial charge is 0.111 e. The molecule has 4 aliphatic rings. The Labute approximate surface area is 102 Å². The highest BCUT2D eigenvalue weighted by Crippen LogP contribution is 2.62. The topological polar surface area (TPSA) is 0 Å². The van der Waals surface area contributed by atoms with Crippen molar-refractivity contribution in [3.8, 4) is 0 Å². The summed E-state index contributed by atoms with van der Waals surface area (Å²) in [5.41, 5.74) is 0.673. The molecule has 4 saturated carbocycles. The zero-order valence-electron chi connectivity index (χ0n) is 10.1. The fourth-order valence-corrected chi connectivity index (χ4v) is 5.14. The molecule has 0 radical (unpaired) electrons. The summed E-state index contributed by atoms with van der Waals surface area (Å²) in [7, 11) is 0. The van der Waals surface area contributed by atoms with E-state index in [9.17, 15) is 4.39 Å². The molecule has 1 heteroatoms. The van der Waals surface area contributed by atoms with Crippen molar-refractivity contribution in [1.29, 1.82) is 0 Å². The van der Waals surface area contributed by atoms with Crippen LogP contribution >= 0.6 is 0 Å². The van der Waals surface area contributed by atoms with Crippen LogP contribution in [-0.2, 0) is 0 Å². The van der Waals surface area contributed by atoms with Crippen molar-refractivity contribution < 1.29 is 4.39 Å². The van der Waals surface area contributed by atoms with Crippen LogP contribution in [0.4, 0.5) is 4.39 Å². The Hall–Kier alpha value is -0.850. The van der Waals surface area contributed by atoms with Gasteiger partial charge in [-0.25, -0.2) is 4.39 Å². The highest BCUT2D eigenvalue weighted by atomic mass is 19.1. The van der Waals surface area contributed by atoms with Gasteiger partial charge in [0, 0.05) is 0 Å². The predicted octanol–water partition coefficient (Wildman–Crippen LogP) is 4.32. The lowest BCUT2D eigenvalue weighted by molar-refractivity contribution is -0.0870. The number of hydrogen-bond donors (Lipinski definition) is 0. The second-order valence-corrected chi connectivity index (χ2v) is 6.56. The highest BCUT2D eigenvalue weighted by Gasteiger charge is 2.55. The standard InChI is InChI=1S/C16H19F/c17-16-8-11-6-13(9-16)15(14(7-11)10-16)12-4-2-1-3-5-12/h1-5,11,13-15H,6-10H2/t11?,13-,14+,15?,16?. The van der Waals surface area contributed by atoms with Crippen molar-refractivity contribution in [2.24, 2.45) is 17.8 Å². The van der Waals surface area contributed by atoms with Crippen LogP contribution in [-0.4, -0.2) is 5.67 Å². The Morgan fingerprint density at radius 1 is 0.941 bits per heavy atom. The summed E-state index contributed by atoms with van der Waals surface area (Å²) in [6.07, 6.45) is 5.09. The SMILES string of the molecule is FC12CC3C[C@H](C1)C(c1ccccc1)[C@@H](C3)C2. The van der Waals surface area contributed by atoms with Crippen molar-refractivity contribution in [2.45, 2.75) is 43.7 Å². The molecule has 0 amide bonds. The van der Waals surface area contributed by atoms with E-state index >= 15 is 0 Å². The van der Waals surface area contributed by atoms with E-state index in [0.29, 0.717) is 23.7 Å². The zero-order chi connectivity index (χ0) is 11.5. The summed E-state index contributed by atoms with van der Waals surface area (Å²) in [6.45, 7) is 0. The van der Waals surface area contributed by atoms with E-state index in [0.717, 1.165) is 19.3 Å². The minimum atomic E-state index is -0.790. The first kappa shape index (κ1) is 10.1. The molecule has 17 heavy (non-hydrogen) atoms. The third-order valence-corrected chi connectivity index (χ3v) is 5.38. The summed E-state index contributed by atoms with van der Waals surface area (Å²) in [4.78, 5) is 0. The molecule has 0 heterocycles. The van der Waals surface area contributed by atoms with Gasteiger partial charge in [0.15, 0.2) is 0 Å². The fourth-order valence-electron chi connectivity index (χ4n) is 5.14. The highest BCUT2D eigenvalue weighted by molar-refractivity contribution is 5.25. The Balaban J connectivity index is 1.71. The fraction of sp³-hybridized carbons (Fsp3) is 0.625. The number of halogens is 1. The molecule has 1 aromatic rings. The molecule has 0 aliphatic heterocycles. The van der Waals surface area contributed by atoms with E-state index in [1.165, 1.54) is 18.4 Å². The first-order chi connectivity index (χ1) is 8.23. The largest absolute Gasteiger partial charge is 0.244 e. The number of benzene rings is 1. The Bertz CT molecular complexity index is 408. The molecule has 0 saturated heterocycles. The van der Waals surface area contributed by atoms with Crippen molar-refractivity contribution in [1.82, 2.24) is 0 Å². The Kier molecular flexibility index (Phi) is 1.98. The average molecular weight is 230 g/mol. The second kappa shape index (κ2) is 3.34. The molecule has 4 bridgehead atoms. The molecule has 4 fully saturated rings. The Morgan fingerprint density at radius 2 is 1.59 bits per heavy atom. The van der Waals surface area contributed by atoms with Gasteiger partial charge in [-0.2, -0.15) is 0 Å². The van der Waals surface area contributed by atoms with Gasteiger partial charge < -0.3 is 0 Å². The maximum atomic E-state index is 14.6. The molecule has 0 aromatic heterocycles. The third kappa shape index (κ3) is 1.47. The molecular formula is C16H19F. The molecular weight excluding hydrogens is 211 g/mol. The normalized spacial score (nSPS) is 47.4. The number of alkyl halides is 1. The third-order valence-electron chi connectivity index (χ3n) is 5.38. The van der Waals surface area contributed by atoms with Crippen LogP contribution in [0, 0.1) is 17.8 Å². The lowest BCUT2D eigenvalue weighted by Crippen LogP contribution is -2.51. The maximum absolute atomic E-state index is 14.6. The van der Waals surface area contributed by atoms with E-state index in [2.05, 4.69) is 30.3 Å². The monoisotopic (exact) mass is 230 g/mol. The minimum Gasteiger partial charge on any atom is -0.244 e. The number of hydrogen-bond acceptors (Lipinski definition) is 0. The molecule has 4 aliphatic carbocycles. The van der Waals surface area contributed by atoms with Gasteiger partial charge in [0.25, 0.3) is 0 Å². The summed E-state index contributed by atoms with van der Waals surface area (Å²) < 4.78 is 14.6. The number of rotatable bonds is 1. The summed E-state index contributed by atoms with van der Waals surface area (Å²) >= 11 is 0. The van der Waals surface area contributed by atoms with Crippen LogP contribution in [0.3, 0.4) is 0 Å². The van der Waals surface area contributed by atoms with Crippen LogP contribution in [0.15, 0.2) is 30.3 Å². The van der Waals surface area contributed by atoms with Crippen LogP contribution < -0.4 is 0 Å². The molecule has 5 rings (SSSR count). The molecule has 1 aromatic carbocycles. The quantitative estimate of drug-likeness (QED) is 0.674. The lowest BCUT2D eigenvalue weighted by atomic mass is 9.49. The van der Waals surface area contributed by atoms with Crippen LogP contribution in [0.2, 0.25) is 0 Å². The van der Waals surface area contributed by atoms with Crippen LogP contribution in [0.1, 0.15) is 43.6 Å². The van der Waals surface area contributed by atoms with Gasteiger partial charge in [0.1, 0.15) is 5.67 Å². The Morgan fingerprint density at radius 3 is 2.18 bits per heavy atom. The zero-order valence-corrected chi connectivity index (χ0v) is 10.1. The summed E-state index contributed by atoms with van der Waals surface area (Å²) in [5, 5.41) is 0. The first-order valence-corrected chi connectivity index (χ1v) is 6.97. The van der Waals surface area contributed by atoms with Gasteiger partial charge in [-0.3, -0.25) is 0 Å². The molecule has 0 nitrogen and oxygen atoms in total. The molecule has 5 atom stereocenters. The van der Waals surface area contributed by atoms with Crippen LogP contribution in [0.5, 0.6) is 0 Å². The first-order valence-electron chi connectivity index (χ1n) is 6.97. The van der Waals surface area contributed by atoms with E-state index in [1.54, 1.807) is 0 Å². The van der Waals surface area contributed by atoms with Crippen molar-refractivity contribution in [2.75, 3.05) is 0 Å². The summed E-state index contributed by atoms with van der Waals surface area (Å²) in [5.74, 6) is 2.58. The van der Waals surface area contributed by atoms with Crippen molar-refractivity contribution in [3.63, 3.8) is 0 Å². The van der Waals surface area contributed by atoms with Gasteiger partial charge in [-0.1, -0.05) is 30.3 Å². The maximum Gasteiger partial charge on any atom is 0.111 e. The van der Waals surface area contributed by atoms with Gasteiger partial charge in [-0.15, -0.1) is 0 Å². The van der Waals surface area contributed by atoms with Crippen molar-refractivity contribution >= 4 is 0 Å². The lowest BCUT2D eigenvalue weighted by Gasteiger charge is -2.57. The predicted molar refractivity (Wildman–Crippen MR) is 66.6 cm³/mol. The van der Waals surface area contributed by atoms with Gasteiger partial charge >= 0.3 is 0 Å².